The van der Waals surface area contributed by atoms with Crippen molar-refractivity contribution in [3.05, 3.63) is 70.8 Å². The Bertz CT molecular complexity index is 799. The van der Waals surface area contributed by atoms with Crippen LogP contribution >= 0.6 is 0 Å². The molecule has 4 nitrogen and oxygen atoms in total. The fourth-order valence-corrected chi connectivity index (χ4v) is 3.01. The van der Waals surface area contributed by atoms with Crippen molar-refractivity contribution < 1.29 is 9.59 Å². The molecule has 0 aliphatic carbocycles. The number of carbonyl (C=O) groups excluding carboxylic acids is 2. The maximum atomic E-state index is 13.2. The van der Waals surface area contributed by atoms with Gasteiger partial charge in [-0.2, -0.15) is 0 Å². The zero-order valence-electron chi connectivity index (χ0n) is 17.7. The van der Waals surface area contributed by atoms with E-state index >= 15 is 0 Å². The molecule has 2 amide bonds. The van der Waals surface area contributed by atoms with E-state index in [1.807, 2.05) is 83.1 Å². The summed E-state index contributed by atoms with van der Waals surface area (Å²) in [7, 11) is 0. The van der Waals surface area contributed by atoms with E-state index < -0.39 is 6.04 Å². The zero-order chi connectivity index (χ0) is 20.7. The smallest absolute Gasteiger partial charge is 0.242 e. The topological polar surface area (TPSA) is 49.4 Å². The van der Waals surface area contributed by atoms with Crippen molar-refractivity contribution in [2.45, 2.75) is 66.1 Å². The van der Waals surface area contributed by atoms with Crippen molar-refractivity contribution in [2.24, 2.45) is 0 Å². The molecule has 0 saturated heterocycles. The van der Waals surface area contributed by atoms with Crippen molar-refractivity contribution in [3.63, 3.8) is 0 Å². The molecule has 0 radical (unpaired) electrons. The fraction of sp³-hybridized carbons (Fsp3) is 0.417. The fourth-order valence-electron chi connectivity index (χ4n) is 3.01. The van der Waals surface area contributed by atoms with Crippen LogP contribution in [-0.4, -0.2) is 28.8 Å². The standard InChI is InChI=1S/C24H32N2O2/c1-6-19(4)25-24(28)20(5)26(16-21-13-11-17(2)12-14-21)23(27)15-22-10-8-7-9-18(22)3/h7-14,19-20H,6,15-16H2,1-5H3,(H,25,28)/t19-,20+/m1/s1. The van der Waals surface area contributed by atoms with Crippen LogP contribution in [0.25, 0.3) is 0 Å². The van der Waals surface area contributed by atoms with E-state index in [2.05, 4.69) is 5.32 Å². The average Bonchev–Trinajstić information content (AvgIpc) is 2.68. The highest BCUT2D eigenvalue weighted by Gasteiger charge is 2.27. The summed E-state index contributed by atoms with van der Waals surface area (Å²) in [6, 6.07) is 15.5. The maximum Gasteiger partial charge on any atom is 0.242 e. The largest absolute Gasteiger partial charge is 0.352 e. The molecule has 4 heteroatoms. The predicted molar refractivity (Wildman–Crippen MR) is 114 cm³/mol. The molecule has 0 bridgehead atoms. The minimum atomic E-state index is -0.535. The van der Waals surface area contributed by atoms with Crippen LogP contribution in [0.3, 0.4) is 0 Å². The SMILES string of the molecule is CC[C@@H](C)NC(=O)[C@H](C)N(Cc1ccc(C)cc1)C(=O)Cc1ccccc1C. The number of hydrogen-bond acceptors (Lipinski definition) is 2. The van der Waals surface area contributed by atoms with Crippen LogP contribution in [0.15, 0.2) is 48.5 Å². The molecule has 1 N–H and O–H groups in total. The molecule has 0 spiro atoms. The minimum absolute atomic E-state index is 0.0401. The number of aryl methyl sites for hydroxylation is 2. The summed E-state index contributed by atoms with van der Waals surface area (Å²) in [5.41, 5.74) is 4.27. The number of amides is 2. The lowest BCUT2D eigenvalue weighted by Gasteiger charge is -2.30. The first kappa shape index (κ1) is 21.7. The summed E-state index contributed by atoms with van der Waals surface area (Å²) < 4.78 is 0. The van der Waals surface area contributed by atoms with Gasteiger partial charge in [-0.3, -0.25) is 9.59 Å². The van der Waals surface area contributed by atoms with Crippen LogP contribution in [-0.2, 0) is 22.6 Å². The molecule has 2 atom stereocenters. The molecule has 0 aliphatic heterocycles. The molecule has 2 rings (SSSR count). The summed E-state index contributed by atoms with van der Waals surface area (Å²) in [5.74, 6) is -0.152. The third-order valence-corrected chi connectivity index (χ3v) is 5.24. The third kappa shape index (κ3) is 5.95. The summed E-state index contributed by atoms with van der Waals surface area (Å²) in [4.78, 5) is 27.6. The Balaban J connectivity index is 2.23. The van der Waals surface area contributed by atoms with Gasteiger partial charge in [0.2, 0.25) is 11.8 Å². The van der Waals surface area contributed by atoms with Crippen molar-refractivity contribution in [3.8, 4) is 0 Å². The minimum Gasteiger partial charge on any atom is -0.352 e. The van der Waals surface area contributed by atoms with Crippen LogP contribution in [0.5, 0.6) is 0 Å². The quantitative estimate of drug-likeness (QED) is 0.747. The summed E-state index contributed by atoms with van der Waals surface area (Å²) in [6.07, 6.45) is 1.15. The van der Waals surface area contributed by atoms with Crippen molar-refractivity contribution in [1.82, 2.24) is 10.2 Å². The van der Waals surface area contributed by atoms with Crippen molar-refractivity contribution in [2.75, 3.05) is 0 Å². The van der Waals surface area contributed by atoms with Gasteiger partial charge >= 0.3 is 0 Å². The molecule has 2 aromatic rings. The van der Waals surface area contributed by atoms with Gasteiger partial charge in [-0.25, -0.2) is 0 Å². The lowest BCUT2D eigenvalue weighted by molar-refractivity contribution is -0.140. The van der Waals surface area contributed by atoms with Crippen LogP contribution < -0.4 is 5.32 Å². The zero-order valence-corrected chi connectivity index (χ0v) is 17.7. The second kappa shape index (κ2) is 10.1. The molecule has 2 aromatic carbocycles. The molecule has 0 aliphatic rings. The molecule has 0 heterocycles. The molecule has 28 heavy (non-hydrogen) atoms. The molecular formula is C24H32N2O2. The second-order valence-corrected chi connectivity index (χ2v) is 7.60. The number of benzene rings is 2. The Labute approximate surface area is 169 Å². The number of rotatable bonds is 8. The van der Waals surface area contributed by atoms with E-state index in [1.165, 1.54) is 5.56 Å². The van der Waals surface area contributed by atoms with Crippen LogP contribution in [0.2, 0.25) is 0 Å². The van der Waals surface area contributed by atoms with E-state index in [0.29, 0.717) is 13.0 Å². The first-order valence-electron chi connectivity index (χ1n) is 10.0. The first-order valence-corrected chi connectivity index (χ1v) is 10.0. The lowest BCUT2D eigenvalue weighted by atomic mass is 10.0. The molecule has 0 unspecified atom stereocenters. The summed E-state index contributed by atoms with van der Waals surface area (Å²) >= 11 is 0. The monoisotopic (exact) mass is 380 g/mol. The van der Waals surface area contributed by atoms with Gasteiger partial charge in [0.1, 0.15) is 6.04 Å². The second-order valence-electron chi connectivity index (χ2n) is 7.60. The number of carbonyl (C=O) groups is 2. The molecule has 0 fully saturated rings. The lowest BCUT2D eigenvalue weighted by Crippen LogP contribution is -2.49. The van der Waals surface area contributed by atoms with Crippen LogP contribution in [0.1, 0.15) is 49.4 Å². The van der Waals surface area contributed by atoms with Crippen molar-refractivity contribution >= 4 is 11.8 Å². The molecule has 150 valence electrons. The molecule has 0 saturated carbocycles. The van der Waals surface area contributed by atoms with E-state index in [1.54, 1.807) is 4.90 Å². The average molecular weight is 381 g/mol. The van der Waals surface area contributed by atoms with Crippen LogP contribution in [0.4, 0.5) is 0 Å². The normalized spacial score (nSPS) is 12.9. The highest BCUT2D eigenvalue weighted by atomic mass is 16.2. The molecular weight excluding hydrogens is 348 g/mol. The van der Waals surface area contributed by atoms with Gasteiger partial charge in [0.25, 0.3) is 0 Å². The summed E-state index contributed by atoms with van der Waals surface area (Å²) in [5, 5.41) is 3.00. The van der Waals surface area contributed by atoms with Gasteiger partial charge in [0, 0.05) is 12.6 Å². The Kier molecular flexibility index (Phi) is 7.80. The maximum absolute atomic E-state index is 13.2. The Morgan fingerprint density at radius 2 is 1.64 bits per heavy atom. The van der Waals surface area contributed by atoms with E-state index in [0.717, 1.165) is 23.1 Å². The molecule has 0 aromatic heterocycles. The Morgan fingerprint density at radius 3 is 2.25 bits per heavy atom. The Morgan fingerprint density at radius 1 is 1.00 bits per heavy atom. The van der Waals surface area contributed by atoms with Gasteiger partial charge in [-0.05, 0) is 50.8 Å². The van der Waals surface area contributed by atoms with Gasteiger partial charge in [-0.15, -0.1) is 0 Å². The Hall–Kier alpha value is -2.62. The summed E-state index contributed by atoms with van der Waals surface area (Å²) in [6.45, 7) is 10.3. The van der Waals surface area contributed by atoms with E-state index in [9.17, 15) is 9.59 Å². The van der Waals surface area contributed by atoms with Crippen LogP contribution in [0, 0.1) is 13.8 Å². The highest BCUT2D eigenvalue weighted by Crippen LogP contribution is 2.15. The number of nitrogens with one attached hydrogen (secondary N) is 1. The van der Waals surface area contributed by atoms with E-state index in [4.69, 9.17) is 0 Å². The van der Waals surface area contributed by atoms with Gasteiger partial charge < -0.3 is 10.2 Å². The highest BCUT2D eigenvalue weighted by molar-refractivity contribution is 5.88. The van der Waals surface area contributed by atoms with Gasteiger partial charge in [0.15, 0.2) is 0 Å². The van der Waals surface area contributed by atoms with Gasteiger partial charge in [0.05, 0.1) is 6.42 Å². The number of hydrogen-bond donors (Lipinski definition) is 1. The van der Waals surface area contributed by atoms with E-state index in [-0.39, 0.29) is 17.9 Å². The third-order valence-electron chi connectivity index (χ3n) is 5.24. The van der Waals surface area contributed by atoms with Gasteiger partial charge in [-0.1, -0.05) is 61.0 Å². The van der Waals surface area contributed by atoms with Crippen molar-refractivity contribution in [1.29, 1.82) is 0 Å². The number of nitrogens with zero attached hydrogens (tertiary/aromatic N) is 1. The first-order chi connectivity index (χ1) is 13.3. The predicted octanol–water partition coefficient (Wildman–Crippen LogP) is 4.18.